The Morgan fingerprint density at radius 3 is 2.79 bits per heavy atom. The lowest BCUT2D eigenvalue weighted by Gasteiger charge is -2.01. The molecule has 6 heteroatoms. The van der Waals surface area contributed by atoms with Crippen LogP contribution >= 0.6 is 33.9 Å². The number of hydrogen-bond donors (Lipinski definition) is 0. The molecule has 0 bridgehead atoms. The number of carbonyl (C=O) groups excluding carboxylic acids is 1. The molecule has 4 nitrogen and oxygen atoms in total. The first-order chi connectivity index (χ1) is 6.50. The minimum atomic E-state index is -0.413. The molecule has 1 unspecified atom stereocenters. The maximum absolute atomic E-state index is 11.0. The molecule has 1 rings (SSSR count). The summed E-state index contributed by atoms with van der Waals surface area (Å²) in [6.07, 6.45) is 0.578. The number of thiophene rings is 1. The number of rotatable bonds is 4. The Morgan fingerprint density at radius 1 is 1.71 bits per heavy atom. The van der Waals surface area contributed by atoms with Crippen LogP contribution in [-0.4, -0.2) is 14.6 Å². The topological polar surface area (TPSA) is 60.2 Å². The SMILES string of the molecule is CC(=O)C(I)Cc1ccc([N+](=O)[O-])s1. The van der Waals surface area contributed by atoms with Crippen LogP contribution < -0.4 is 0 Å². The van der Waals surface area contributed by atoms with E-state index in [0.29, 0.717) is 6.42 Å². The van der Waals surface area contributed by atoms with Gasteiger partial charge in [0.2, 0.25) is 0 Å². The van der Waals surface area contributed by atoms with Gasteiger partial charge in [0.15, 0.2) is 0 Å². The third-order valence-corrected chi connectivity index (χ3v) is 4.03. The molecule has 0 aromatic carbocycles. The van der Waals surface area contributed by atoms with Crippen LogP contribution in [-0.2, 0) is 11.2 Å². The molecule has 0 aliphatic rings. The molecule has 0 saturated heterocycles. The standard InChI is InChI=1S/C8H8INO3S/c1-5(11)7(9)4-6-2-3-8(14-6)10(12)13/h2-3,7H,4H2,1H3. The maximum Gasteiger partial charge on any atom is 0.324 e. The number of nitro groups is 1. The van der Waals surface area contributed by atoms with Crippen molar-refractivity contribution >= 4 is 44.7 Å². The van der Waals surface area contributed by atoms with Crippen LogP contribution in [0.5, 0.6) is 0 Å². The number of carbonyl (C=O) groups is 1. The minimum Gasteiger partial charge on any atom is -0.299 e. The highest BCUT2D eigenvalue weighted by Gasteiger charge is 2.15. The zero-order chi connectivity index (χ0) is 10.7. The molecule has 76 valence electrons. The first kappa shape index (κ1) is 11.6. The van der Waals surface area contributed by atoms with Gasteiger partial charge >= 0.3 is 5.00 Å². The van der Waals surface area contributed by atoms with Gasteiger partial charge in [0.1, 0.15) is 5.78 Å². The third-order valence-electron chi connectivity index (χ3n) is 1.65. The summed E-state index contributed by atoms with van der Waals surface area (Å²) in [5.41, 5.74) is 0. The summed E-state index contributed by atoms with van der Waals surface area (Å²) in [6.45, 7) is 1.53. The van der Waals surface area contributed by atoms with Crippen LogP contribution in [0.15, 0.2) is 12.1 Å². The molecule has 1 atom stereocenters. The minimum absolute atomic E-state index is 0.0918. The van der Waals surface area contributed by atoms with E-state index in [4.69, 9.17) is 0 Å². The number of ketones is 1. The van der Waals surface area contributed by atoms with Gasteiger partial charge in [-0.25, -0.2) is 0 Å². The molecule has 1 heterocycles. The van der Waals surface area contributed by atoms with E-state index in [1.165, 1.54) is 13.0 Å². The van der Waals surface area contributed by atoms with Crippen molar-refractivity contribution in [2.45, 2.75) is 17.3 Å². The Labute approximate surface area is 98.6 Å². The van der Waals surface area contributed by atoms with Crippen LogP contribution in [0.2, 0.25) is 0 Å². The second-order valence-electron chi connectivity index (χ2n) is 2.78. The Bertz CT molecular complexity index is 363. The van der Waals surface area contributed by atoms with Crippen molar-refractivity contribution in [3.8, 4) is 0 Å². The smallest absolute Gasteiger partial charge is 0.299 e. The van der Waals surface area contributed by atoms with E-state index in [1.54, 1.807) is 6.07 Å². The molecule has 0 spiro atoms. The number of nitrogens with zero attached hydrogens (tertiary/aromatic N) is 1. The first-order valence-corrected chi connectivity index (χ1v) is 5.94. The summed E-state index contributed by atoms with van der Waals surface area (Å²) in [6, 6.07) is 3.18. The molecular formula is C8H8INO3S. The van der Waals surface area contributed by atoms with Crippen molar-refractivity contribution in [2.75, 3.05) is 0 Å². The van der Waals surface area contributed by atoms with Crippen LogP contribution in [0.1, 0.15) is 11.8 Å². The average Bonchev–Trinajstić information content (AvgIpc) is 2.52. The maximum atomic E-state index is 11.0. The van der Waals surface area contributed by atoms with Crippen LogP contribution in [0.4, 0.5) is 5.00 Å². The van der Waals surface area contributed by atoms with Crippen LogP contribution in [0.25, 0.3) is 0 Å². The zero-order valence-electron chi connectivity index (χ0n) is 7.40. The van der Waals surface area contributed by atoms with E-state index < -0.39 is 4.92 Å². The van der Waals surface area contributed by atoms with E-state index in [1.807, 2.05) is 22.6 Å². The number of hydrogen-bond acceptors (Lipinski definition) is 4. The highest BCUT2D eigenvalue weighted by Crippen LogP contribution is 2.26. The predicted molar refractivity (Wildman–Crippen MR) is 63.2 cm³/mol. The van der Waals surface area contributed by atoms with Crippen molar-refractivity contribution in [3.63, 3.8) is 0 Å². The van der Waals surface area contributed by atoms with E-state index in [-0.39, 0.29) is 14.7 Å². The summed E-state index contributed by atoms with van der Waals surface area (Å²) < 4.78 is -0.0918. The normalized spacial score (nSPS) is 12.4. The van der Waals surface area contributed by atoms with E-state index in [2.05, 4.69) is 0 Å². The van der Waals surface area contributed by atoms with Crippen molar-refractivity contribution in [2.24, 2.45) is 0 Å². The second-order valence-corrected chi connectivity index (χ2v) is 5.43. The van der Waals surface area contributed by atoms with E-state index >= 15 is 0 Å². The molecule has 0 saturated carbocycles. The third kappa shape index (κ3) is 3.02. The Kier molecular flexibility index (Phi) is 3.99. The fourth-order valence-corrected chi connectivity index (χ4v) is 2.53. The lowest BCUT2D eigenvalue weighted by molar-refractivity contribution is -0.380. The molecule has 1 aromatic heterocycles. The van der Waals surface area contributed by atoms with Gasteiger partial charge in [0, 0.05) is 17.4 Å². The lowest BCUT2D eigenvalue weighted by atomic mass is 10.2. The van der Waals surface area contributed by atoms with Crippen LogP contribution in [0.3, 0.4) is 0 Å². The summed E-state index contributed by atoms with van der Waals surface area (Å²) in [5.74, 6) is 0.0988. The monoisotopic (exact) mass is 325 g/mol. The molecule has 1 aromatic rings. The Morgan fingerprint density at radius 2 is 2.36 bits per heavy atom. The van der Waals surface area contributed by atoms with Crippen molar-refractivity contribution < 1.29 is 9.72 Å². The first-order valence-electron chi connectivity index (χ1n) is 3.88. The fourth-order valence-electron chi connectivity index (χ4n) is 0.895. The molecular weight excluding hydrogens is 317 g/mol. The van der Waals surface area contributed by atoms with Gasteiger partial charge < -0.3 is 0 Å². The van der Waals surface area contributed by atoms with Crippen molar-refractivity contribution in [1.82, 2.24) is 0 Å². The Hall–Kier alpha value is -0.500. The van der Waals surface area contributed by atoms with Crippen LogP contribution in [0, 0.1) is 10.1 Å². The molecule has 0 amide bonds. The predicted octanol–water partition coefficient (Wildman–Crippen LogP) is 2.59. The van der Waals surface area contributed by atoms with Crippen molar-refractivity contribution in [3.05, 3.63) is 27.1 Å². The molecule has 14 heavy (non-hydrogen) atoms. The van der Waals surface area contributed by atoms with Crippen molar-refractivity contribution in [1.29, 1.82) is 0 Å². The quantitative estimate of drug-likeness (QED) is 0.370. The summed E-state index contributed by atoms with van der Waals surface area (Å²) in [7, 11) is 0. The number of alkyl halides is 1. The average molecular weight is 325 g/mol. The van der Waals surface area contributed by atoms with Gasteiger partial charge in [-0.05, 0) is 13.0 Å². The molecule has 0 aliphatic heterocycles. The summed E-state index contributed by atoms with van der Waals surface area (Å²) in [4.78, 5) is 21.8. The number of Topliss-reactive ketones (excluding diaryl/α,β-unsaturated/α-hetero) is 1. The largest absolute Gasteiger partial charge is 0.324 e. The van der Waals surface area contributed by atoms with E-state index in [9.17, 15) is 14.9 Å². The van der Waals surface area contributed by atoms with Gasteiger partial charge in [-0.15, -0.1) is 0 Å². The summed E-state index contributed by atoms with van der Waals surface area (Å²) >= 11 is 3.18. The lowest BCUT2D eigenvalue weighted by Crippen LogP contribution is -2.11. The van der Waals surface area contributed by atoms with Gasteiger partial charge in [0.05, 0.1) is 8.85 Å². The van der Waals surface area contributed by atoms with E-state index in [0.717, 1.165) is 16.2 Å². The van der Waals surface area contributed by atoms with Gasteiger partial charge in [-0.1, -0.05) is 33.9 Å². The molecule has 0 aliphatic carbocycles. The molecule has 0 radical (unpaired) electrons. The zero-order valence-corrected chi connectivity index (χ0v) is 10.4. The summed E-state index contributed by atoms with van der Waals surface area (Å²) in [5, 5.41) is 10.5. The van der Waals surface area contributed by atoms with Gasteiger partial charge in [0.25, 0.3) is 0 Å². The van der Waals surface area contributed by atoms with Gasteiger partial charge in [-0.2, -0.15) is 0 Å². The second kappa shape index (κ2) is 4.83. The highest BCUT2D eigenvalue weighted by molar-refractivity contribution is 14.1. The highest BCUT2D eigenvalue weighted by atomic mass is 127. The number of halogens is 1. The fraction of sp³-hybridized carbons (Fsp3) is 0.375. The molecule has 0 N–H and O–H groups in total. The Balaban J connectivity index is 2.69. The molecule has 0 fully saturated rings. The van der Waals surface area contributed by atoms with Gasteiger partial charge in [-0.3, -0.25) is 14.9 Å².